The summed E-state index contributed by atoms with van der Waals surface area (Å²) in [5.41, 5.74) is 6.42. The van der Waals surface area contributed by atoms with Crippen LogP contribution in [0.15, 0.2) is 0 Å². The number of imide groups is 1. The molecule has 0 aromatic carbocycles. The topological polar surface area (TPSA) is 105 Å². The van der Waals surface area contributed by atoms with Gasteiger partial charge in [-0.2, -0.15) is 0 Å². The first-order valence-corrected chi connectivity index (χ1v) is 18.3. The van der Waals surface area contributed by atoms with E-state index in [-0.39, 0.29) is 36.2 Å². The fraction of sp³-hybridized carbons (Fsp3) is 0.917. The zero-order chi connectivity index (χ0) is 32.0. The maximum absolute atomic E-state index is 12.6. The van der Waals surface area contributed by atoms with E-state index in [9.17, 15) is 14.4 Å². The van der Waals surface area contributed by atoms with Gasteiger partial charge in [0.2, 0.25) is 17.7 Å². The number of nitrogens with two attached hydrogens (primary N) is 1. The highest BCUT2D eigenvalue weighted by atomic mass is 16.2. The molecule has 43 heavy (non-hydrogen) atoms. The van der Waals surface area contributed by atoms with Crippen LogP contribution >= 0.6 is 0 Å². The summed E-state index contributed by atoms with van der Waals surface area (Å²) >= 11 is 0. The zero-order valence-corrected chi connectivity index (χ0v) is 29.0. The third-order valence-electron chi connectivity index (χ3n) is 8.65. The summed E-state index contributed by atoms with van der Waals surface area (Å²) in [6.07, 6.45) is 29.3. The van der Waals surface area contributed by atoms with Crippen LogP contribution < -0.4 is 16.4 Å². The van der Waals surface area contributed by atoms with Crippen molar-refractivity contribution in [1.29, 1.82) is 0 Å². The van der Waals surface area contributed by atoms with Gasteiger partial charge in [0.1, 0.15) is 0 Å². The molecule has 7 heteroatoms. The van der Waals surface area contributed by atoms with Gasteiger partial charge in [-0.05, 0) is 33.4 Å². The van der Waals surface area contributed by atoms with Crippen LogP contribution in [0.3, 0.4) is 0 Å². The predicted molar refractivity (Wildman–Crippen MR) is 183 cm³/mol. The summed E-state index contributed by atoms with van der Waals surface area (Å²) in [5, 5.41) is 5.55. The number of carbonyl (C=O) groups is 3. The SMILES string of the molecule is CCCCCCCCCCCCCC(=O)NCCC(N)C(CC(=O)NC(=O)CCCCCCCCCCCCC)N(C)C. The van der Waals surface area contributed by atoms with E-state index >= 15 is 0 Å². The van der Waals surface area contributed by atoms with Crippen LogP contribution in [0.25, 0.3) is 0 Å². The average molecular weight is 609 g/mol. The first-order valence-electron chi connectivity index (χ1n) is 18.3. The maximum Gasteiger partial charge on any atom is 0.228 e. The molecule has 7 nitrogen and oxygen atoms in total. The predicted octanol–water partition coefficient (Wildman–Crippen LogP) is 8.19. The second-order valence-corrected chi connectivity index (χ2v) is 13.1. The molecule has 0 heterocycles. The monoisotopic (exact) mass is 609 g/mol. The Labute approximate surface area is 266 Å². The fourth-order valence-electron chi connectivity index (χ4n) is 5.73. The number of likely N-dealkylation sites (N-methyl/N-ethyl adjacent to an activating group) is 1. The van der Waals surface area contributed by atoms with E-state index in [1.807, 2.05) is 19.0 Å². The highest BCUT2D eigenvalue weighted by molar-refractivity contribution is 5.95. The second kappa shape index (κ2) is 30.6. The molecular weight excluding hydrogens is 536 g/mol. The summed E-state index contributed by atoms with van der Waals surface area (Å²) in [4.78, 5) is 39.0. The van der Waals surface area contributed by atoms with Gasteiger partial charge < -0.3 is 16.0 Å². The van der Waals surface area contributed by atoms with Crippen LogP contribution in [-0.2, 0) is 14.4 Å². The van der Waals surface area contributed by atoms with E-state index in [2.05, 4.69) is 24.5 Å². The Balaban J connectivity index is 3.91. The minimum atomic E-state index is -0.275. The Bertz CT molecular complexity index is 671. The van der Waals surface area contributed by atoms with Gasteiger partial charge in [0.15, 0.2) is 0 Å². The summed E-state index contributed by atoms with van der Waals surface area (Å²) in [6.45, 7) is 5.00. The first kappa shape index (κ1) is 41.5. The molecular formula is C36H72N4O3. The molecule has 0 spiro atoms. The van der Waals surface area contributed by atoms with Crippen molar-refractivity contribution in [1.82, 2.24) is 15.5 Å². The van der Waals surface area contributed by atoms with Crippen molar-refractivity contribution >= 4 is 17.7 Å². The van der Waals surface area contributed by atoms with E-state index in [0.717, 1.165) is 32.1 Å². The molecule has 0 fully saturated rings. The highest BCUT2D eigenvalue weighted by Crippen LogP contribution is 2.13. The van der Waals surface area contributed by atoms with E-state index in [1.54, 1.807) is 0 Å². The Morgan fingerprint density at radius 3 is 1.33 bits per heavy atom. The first-order chi connectivity index (χ1) is 20.8. The average Bonchev–Trinajstić information content (AvgIpc) is 2.97. The molecule has 2 atom stereocenters. The molecule has 0 saturated carbocycles. The summed E-state index contributed by atoms with van der Waals surface area (Å²) in [6, 6.07) is -0.469. The van der Waals surface area contributed by atoms with E-state index in [1.165, 1.54) is 109 Å². The molecule has 0 bridgehead atoms. The van der Waals surface area contributed by atoms with Gasteiger partial charge in [-0.1, -0.05) is 142 Å². The number of nitrogens with zero attached hydrogens (tertiary/aromatic N) is 1. The van der Waals surface area contributed by atoms with Gasteiger partial charge in [0.25, 0.3) is 0 Å². The second-order valence-electron chi connectivity index (χ2n) is 13.1. The lowest BCUT2D eigenvalue weighted by atomic mass is 10.0. The molecule has 3 amide bonds. The zero-order valence-electron chi connectivity index (χ0n) is 29.0. The van der Waals surface area contributed by atoms with Gasteiger partial charge in [0.05, 0.1) is 0 Å². The molecule has 0 aliphatic rings. The summed E-state index contributed by atoms with van der Waals surface area (Å²) < 4.78 is 0. The van der Waals surface area contributed by atoms with Gasteiger partial charge in [-0.3, -0.25) is 19.7 Å². The molecule has 0 aliphatic carbocycles. The third kappa shape index (κ3) is 27.8. The third-order valence-corrected chi connectivity index (χ3v) is 8.65. The van der Waals surface area contributed by atoms with E-state index < -0.39 is 0 Å². The van der Waals surface area contributed by atoms with Crippen LogP contribution in [0.2, 0.25) is 0 Å². The number of amides is 3. The smallest absolute Gasteiger partial charge is 0.228 e. The summed E-state index contributed by atoms with van der Waals surface area (Å²) in [5.74, 6) is -0.389. The molecule has 0 rings (SSSR count). The molecule has 0 aromatic heterocycles. The molecule has 2 unspecified atom stereocenters. The number of hydrogen-bond acceptors (Lipinski definition) is 5. The number of rotatable bonds is 31. The van der Waals surface area contributed by atoms with Gasteiger partial charge in [-0.15, -0.1) is 0 Å². The number of carbonyl (C=O) groups excluding carboxylic acids is 3. The van der Waals surface area contributed by atoms with Crippen molar-refractivity contribution in [3.8, 4) is 0 Å². The minimum Gasteiger partial charge on any atom is -0.356 e. The minimum absolute atomic E-state index is 0.0790. The number of nitrogens with one attached hydrogen (secondary N) is 2. The normalized spacial score (nSPS) is 12.8. The highest BCUT2D eigenvalue weighted by Gasteiger charge is 2.24. The summed E-state index contributed by atoms with van der Waals surface area (Å²) in [7, 11) is 3.80. The Kier molecular flexibility index (Phi) is 29.5. The lowest BCUT2D eigenvalue weighted by molar-refractivity contribution is -0.131. The van der Waals surface area contributed by atoms with Crippen molar-refractivity contribution < 1.29 is 14.4 Å². The molecule has 0 aliphatic heterocycles. The van der Waals surface area contributed by atoms with Crippen molar-refractivity contribution in [3.05, 3.63) is 0 Å². The molecule has 254 valence electrons. The van der Waals surface area contributed by atoms with Crippen LogP contribution in [0.1, 0.15) is 181 Å². The fourth-order valence-corrected chi connectivity index (χ4v) is 5.73. The quantitative estimate of drug-likeness (QED) is 0.0689. The van der Waals surface area contributed by atoms with Crippen molar-refractivity contribution in [2.75, 3.05) is 20.6 Å². The van der Waals surface area contributed by atoms with Crippen molar-refractivity contribution in [2.24, 2.45) is 5.73 Å². The maximum atomic E-state index is 12.6. The van der Waals surface area contributed by atoms with Crippen LogP contribution in [-0.4, -0.2) is 55.3 Å². The molecule has 0 saturated heterocycles. The molecule has 0 aromatic rings. The van der Waals surface area contributed by atoms with Crippen molar-refractivity contribution in [3.63, 3.8) is 0 Å². The molecule has 0 radical (unpaired) electrons. The van der Waals surface area contributed by atoms with Crippen LogP contribution in [0.4, 0.5) is 0 Å². The number of unbranched alkanes of at least 4 members (excludes halogenated alkanes) is 20. The van der Waals surface area contributed by atoms with Gasteiger partial charge >= 0.3 is 0 Å². The lowest BCUT2D eigenvalue weighted by Crippen LogP contribution is -2.49. The standard InChI is InChI=1S/C36H72N4O3/c1-5-7-9-11-13-15-17-19-21-23-25-27-34(41)38-30-29-32(37)33(40(3)4)31-36(43)39-35(42)28-26-24-22-20-18-16-14-12-10-8-6-2/h32-33H,5-31,37H2,1-4H3,(H,38,41)(H,39,42,43). The van der Waals surface area contributed by atoms with Gasteiger partial charge in [0, 0.05) is 37.9 Å². The van der Waals surface area contributed by atoms with Gasteiger partial charge in [-0.25, -0.2) is 0 Å². The van der Waals surface area contributed by atoms with Crippen LogP contribution in [0, 0.1) is 0 Å². The Hall–Kier alpha value is -1.47. The van der Waals surface area contributed by atoms with E-state index in [0.29, 0.717) is 25.8 Å². The Morgan fingerprint density at radius 2 is 0.930 bits per heavy atom. The Morgan fingerprint density at radius 1 is 0.558 bits per heavy atom. The largest absolute Gasteiger partial charge is 0.356 e. The van der Waals surface area contributed by atoms with Crippen LogP contribution in [0.5, 0.6) is 0 Å². The molecule has 4 N–H and O–H groups in total. The van der Waals surface area contributed by atoms with Crippen molar-refractivity contribution in [2.45, 2.75) is 193 Å². The lowest BCUT2D eigenvalue weighted by Gasteiger charge is -2.29. The van der Waals surface area contributed by atoms with E-state index in [4.69, 9.17) is 5.73 Å². The number of hydrogen-bond donors (Lipinski definition) is 3.